The van der Waals surface area contributed by atoms with E-state index in [9.17, 15) is 8.42 Å². The number of alkyl halides is 1. The van der Waals surface area contributed by atoms with Gasteiger partial charge in [-0.25, -0.2) is 8.42 Å². The van der Waals surface area contributed by atoms with Gasteiger partial charge < -0.3 is 21.1 Å². The van der Waals surface area contributed by atoms with Crippen LogP contribution in [-0.4, -0.2) is 53.8 Å². The molecule has 0 aliphatic rings. The molecule has 5 N–H and O–H groups in total. The first-order valence-corrected chi connectivity index (χ1v) is 8.08. The lowest BCUT2D eigenvalue weighted by Crippen LogP contribution is -2.50. The monoisotopic (exact) mass is 355 g/mol. The topological polar surface area (TPSA) is 121 Å². The van der Waals surface area contributed by atoms with E-state index in [4.69, 9.17) is 21.1 Å². The predicted octanol–water partition coefficient (Wildman–Crippen LogP) is -0.526. The Balaban J connectivity index is 0.000000362. The zero-order valence-corrected chi connectivity index (χ0v) is 12.6. The maximum atomic E-state index is 11.2. The van der Waals surface area contributed by atoms with Crippen LogP contribution in [0, 0.1) is 0 Å². The van der Waals surface area contributed by atoms with E-state index in [-0.39, 0.29) is 4.66 Å². The van der Waals surface area contributed by atoms with Crippen LogP contribution in [0.3, 0.4) is 0 Å². The molecule has 0 saturated carbocycles. The number of hydrogen-bond acceptors (Lipinski definition) is 6. The maximum absolute atomic E-state index is 11.2. The van der Waals surface area contributed by atoms with Gasteiger partial charge in [0.1, 0.15) is 4.66 Å². The van der Waals surface area contributed by atoms with Crippen molar-refractivity contribution >= 4 is 25.8 Å². The fourth-order valence-electron chi connectivity index (χ4n) is 0.841. The smallest absolute Gasteiger partial charge is 0.188 e. The molecule has 0 aromatic heterocycles. The van der Waals surface area contributed by atoms with E-state index in [2.05, 4.69) is 15.9 Å². The van der Waals surface area contributed by atoms with Gasteiger partial charge in [0.2, 0.25) is 0 Å². The molecule has 0 fully saturated rings. The minimum Gasteiger partial charge on any atom is -0.394 e. The predicted molar refractivity (Wildman–Crippen MR) is 75.6 cm³/mol. The van der Waals surface area contributed by atoms with Crippen LogP contribution in [0.1, 0.15) is 0 Å². The molecule has 0 heterocycles. The highest BCUT2D eigenvalue weighted by atomic mass is 79.9. The zero-order chi connectivity index (χ0) is 14.9. The van der Waals surface area contributed by atoms with Crippen LogP contribution < -0.4 is 5.73 Å². The number of benzene rings is 1. The molecule has 19 heavy (non-hydrogen) atoms. The van der Waals surface area contributed by atoms with Crippen LogP contribution in [-0.2, 0) is 9.84 Å². The molecule has 8 heteroatoms. The second-order valence-electron chi connectivity index (χ2n) is 3.87. The molecule has 1 rings (SSSR count). The summed E-state index contributed by atoms with van der Waals surface area (Å²) in [7, 11) is -3.08. The lowest BCUT2D eigenvalue weighted by atomic mass is 10.1. The van der Waals surface area contributed by atoms with Crippen molar-refractivity contribution in [2.24, 2.45) is 5.73 Å². The summed E-state index contributed by atoms with van der Waals surface area (Å²) in [6.45, 7) is -1.21. The van der Waals surface area contributed by atoms with Gasteiger partial charge in [-0.3, -0.25) is 0 Å². The summed E-state index contributed by atoms with van der Waals surface area (Å²) in [5.41, 5.74) is 3.94. The van der Waals surface area contributed by atoms with E-state index in [0.717, 1.165) is 0 Å². The van der Waals surface area contributed by atoms with E-state index in [1.165, 1.54) is 0 Å². The number of nitrogens with two attached hydrogens (primary N) is 1. The molecule has 0 atom stereocenters. The standard InChI is InChI=1S/C7H7BrO2S.C4H11NO3/c8-6-11(9,10)7-4-2-1-3-5-7;5-4(1-6,2-7)3-8/h1-5H,6H2;6-8H,1-3,5H2. The Morgan fingerprint density at radius 2 is 1.47 bits per heavy atom. The average molecular weight is 356 g/mol. The van der Waals surface area contributed by atoms with Gasteiger partial charge in [-0.15, -0.1) is 0 Å². The Labute approximate surface area is 120 Å². The molecule has 0 bridgehead atoms. The lowest BCUT2D eigenvalue weighted by Gasteiger charge is -2.20. The fraction of sp³-hybridized carbons (Fsp3) is 0.455. The molecule has 6 nitrogen and oxygen atoms in total. The van der Waals surface area contributed by atoms with Gasteiger partial charge in [0.25, 0.3) is 0 Å². The first-order chi connectivity index (χ1) is 8.85. The van der Waals surface area contributed by atoms with E-state index in [0.29, 0.717) is 4.90 Å². The lowest BCUT2D eigenvalue weighted by molar-refractivity contribution is 0.0698. The van der Waals surface area contributed by atoms with Crippen molar-refractivity contribution in [1.29, 1.82) is 0 Å². The van der Waals surface area contributed by atoms with Crippen LogP contribution in [0.25, 0.3) is 0 Å². The highest BCUT2D eigenvalue weighted by Crippen LogP contribution is 2.11. The normalized spacial score (nSPS) is 11.6. The number of sulfone groups is 1. The molecular formula is C11H18BrNO5S. The molecule has 110 valence electrons. The van der Waals surface area contributed by atoms with Gasteiger partial charge in [0.15, 0.2) is 9.84 Å². The maximum Gasteiger partial charge on any atom is 0.188 e. The summed E-state index contributed by atoms with van der Waals surface area (Å²) in [6.07, 6.45) is 0. The van der Waals surface area contributed by atoms with Gasteiger partial charge >= 0.3 is 0 Å². The van der Waals surface area contributed by atoms with Crippen molar-refractivity contribution in [3.8, 4) is 0 Å². The Morgan fingerprint density at radius 3 is 1.74 bits per heavy atom. The van der Waals surface area contributed by atoms with Crippen molar-refractivity contribution < 1.29 is 23.7 Å². The Bertz CT molecular complexity index is 439. The molecule has 0 amide bonds. The largest absolute Gasteiger partial charge is 0.394 e. The minimum absolute atomic E-state index is 0.0238. The molecule has 0 unspecified atom stereocenters. The van der Waals surface area contributed by atoms with Gasteiger partial charge in [-0.05, 0) is 12.1 Å². The van der Waals surface area contributed by atoms with Crippen LogP contribution >= 0.6 is 15.9 Å². The molecule has 0 saturated heterocycles. The van der Waals surface area contributed by atoms with Crippen molar-refractivity contribution in [3.63, 3.8) is 0 Å². The van der Waals surface area contributed by atoms with Crippen molar-refractivity contribution in [3.05, 3.63) is 30.3 Å². The molecule has 1 aromatic rings. The Morgan fingerprint density at radius 1 is 1.05 bits per heavy atom. The number of aliphatic hydroxyl groups excluding tert-OH is 3. The second-order valence-corrected chi connectivity index (χ2v) is 7.17. The summed E-state index contributed by atoms with van der Waals surface area (Å²) >= 11 is 2.92. The van der Waals surface area contributed by atoms with Gasteiger partial charge in [-0.2, -0.15) is 0 Å². The third-order valence-corrected chi connectivity index (χ3v) is 5.28. The van der Waals surface area contributed by atoms with Gasteiger partial charge in [-0.1, -0.05) is 34.1 Å². The first-order valence-electron chi connectivity index (χ1n) is 5.30. The van der Waals surface area contributed by atoms with Gasteiger partial charge in [0.05, 0.1) is 30.3 Å². The molecular weight excluding hydrogens is 338 g/mol. The average Bonchev–Trinajstić information content (AvgIpc) is 2.48. The highest BCUT2D eigenvalue weighted by molar-refractivity contribution is 9.10. The molecule has 0 aliphatic carbocycles. The highest BCUT2D eigenvalue weighted by Gasteiger charge is 2.20. The Kier molecular flexibility index (Phi) is 8.39. The van der Waals surface area contributed by atoms with E-state index < -0.39 is 35.2 Å². The Hall–Kier alpha value is -0.510. The van der Waals surface area contributed by atoms with Crippen LogP contribution in [0.5, 0.6) is 0 Å². The van der Waals surface area contributed by atoms with Crippen LogP contribution in [0.2, 0.25) is 0 Å². The van der Waals surface area contributed by atoms with E-state index in [1.54, 1.807) is 30.3 Å². The number of rotatable bonds is 5. The summed E-state index contributed by atoms with van der Waals surface area (Å²) < 4.78 is 22.3. The second kappa shape index (κ2) is 8.62. The molecule has 0 aliphatic heterocycles. The number of hydrogen-bond donors (Lipinski definition) is 4. The zero-order valence-electron chi connectivity index (χ0n) is 10.2. The third kappa shape index (κ3) is 6.46. The quantitative estimate of drug-likeness (QED) is 0.527. The minimum atomic E-state index is -3.08. The van der Waals surface area contributed by atoms with Crippen molar-refractivity contribution in [2.45, 2.75) is 10.4 Å². The van der Waals surface area contributed by atoms with Gasteiger partial charge in [0, 0.05) is 0 Å². The third-order valence-electron chi connectivity index (χ3n) is 2.19. The molecule has 0 radical (unpaired) electrons. The van der Waals surface area contributed by atoms with Crippen molar-refractivity contribution in [1.82, 2.24) is 0 Å². The summed E-state index contributed by atoms with van der Waals surface area (Å²) in [6, 6.07) is 8.35. The summed E-state index contributed by atoms with van der Waals surface area (Å²) in [5, 5.41) is 25.0. The number of aliphatic hydroxyl groups is 3. The van der Waals surface area contributed by atoms with Crippen molar-refractivity contribution in [2.75, 3.05) is 24.5 Å². The van der Waals surface area contributed by atoms with Crippen LogP contribution in [0.4, 0.5) is 0 Å². The molecule has 1 aromatic carbocycles. The first kappa shape index (κ1) is 18.5. The van der Waals surface area contributed by atoms with E-state index in [1.807, 2.05) is 0 Å². The molecule has 0 spiro atoms. The fourth-order valence-corrected chi connectivity index (χ4v) is 2.33. The summed E-state index contributed by atoms with van der Waals surface area (Å²) in [5.74, 6) is 0. The number of halogens is 1. The SMILES string of the molecule is NC(CO)(CO)CO.O=S(=O)(CBr)c1ccccc1. The van der Waals surface area contributed by atoms with Crippen LogP contribution in [0.15, 0.2) is 35.2 Å². The summed E-state index contributed by atoms with van der Waals surface area (Å²) in [4.78, 5) is 0.358. The van der Waals surface area contributed by atoms with E-state index >= 15 is 0 Å².